The monoisotopic (exact) mass is 592 g/mol. The molecule has 1 saturated heterocycles. The molecule has 0 aromatic heterocycles. The van der Waals surface area contributed by atoms with Gasteiger partial charge in [0.2, 0.25) is 23.6 Å². The number of carbonyl (C=O) groups excluding carboxylic acids is 5. The van der Waals surface area contributed by atoms with Gasteiger partial charge in [-0.15, -0.1) is 0 Å². The van der Waals surface area contributed by atoms with Crippen LogP contribution >= 0.6 is 0 Å². The predicted molar refractivity (Wildman–Crippen MR) is 143 cm³/mol. The van der Waals surface area contributed by atoms with E-state index in [0.29, 0.717) is 12.8 Å². The molecule has 1 fully saturated rings. The van der Waals surface area contributed by atoms with Gasteiger partial charge in [-0.1, -0.05) is 0 Å². The molecular weight excluding hydrogens is 553 g/mol. The molecule has 41 heavy (non-hydrogen) atoms. The van der Waals surface area contributed by atoms with Crippen LogP contribution in [0.2, 0.25) is 0 Å². The first kappa shape index (κ1) is 34.9. The first-order valence-electron chi connectivity index (χ1n) is 13.1. The van der Waals surface area contributed by atoms with Gasteiger partial charge in [-0.25, -0.2) is 0 Å². The lowest BCUT2D eigenvalue weighted by molar-refractivity contribution is -0.174. The molecule has 18 heteroatoms. The highest BCUT2D eigenvalue weighted by molar-refractivity contribution is 5.99. The van der Waals surface area contributed by atoms with Crippen LogP contribution in [-0.2, 0) is 24.0 Å². The van der Waals surface area contributed by atoms with Crippen molar-refractivity contribution in [1.82, 2.24) is 21.3 Å². The molecule has 0 aromatic rings. The molecule has 0 spiro atoms. The van der Waals surface area contributed by atoms with Crippen LogP contribution in [0, 0.1) is 0 Å². The van der Waals surface area contributed by atoms with Crippen molar-refractivity contribution in [2.75, 3.05) is 19.6 Å². The smallest absolute Gasteiger partial charge is 0.370 e. The lowest BCUT2D eigenvalue weighted by atomic mass is 10.0. The molecule has 0 aliphatic carbocycles. The van der Waals surface area contributed by atoms with Gasteiger partial charge in [-0.05, 0) is 51.4 Å². The minimum absolute atomic E-state index is 0.0229. The van der Waals surface area contributed by atoms with E-state index in [1.54, 1.807) is 0 Å². The van der Waals surface area contributed by atoms with Crippen LogP contribution in [0.15, 0.2) is 9.98 Å². The van der Waals surface area contributed by atoms with Crippen LogP contribution in [-0.4, -0.2) is 85.3 Å². The lowest BCUT2D eigenvalue weighted by Gasteiger charge is -2.26. The number of nitrogens with two attached hydrogens (primary N) is 4. The average Bonchev–Trinajstić information content (AvgIpc) is 2.86. The predicted octanol–water partition coefficient (Wildman–Crippen LogP) is -2.24. The van der Waals surface area contributed by atoms with Gasteiger partial charge in [0.15, 0.2) is 11.9 Å². The van der Waals surface area contributed by atoms with E-state index in [2.05, 4.69) is 31.3 Å². The molecule has 1 rings (SSSR count). The molecule has 1 heterocycles. The molecule has 0 aromatic carbocycles. The number of nitrogens with one attached hydrogen (secondary N) is 4. The summed E-state index contributed by atoms with van der Waals surface area (Å²) in [6.07, 6.45) is -5.07. The van der Waals surface area contributed by atoms with Crippen molar-refractivity contribution in [2.45, 2.75) is 82.1 Å². The third-order valence-corrected chi connectivity index (χ3v) is 5.90. The summed E-state index contributed by atoms with van der Waals surface area (Å²) < 4.78 is 39.8. The third kappa shape index (κ3) is 14.7. The van der Waals surface area contributed by atoms with Crippen molar-refractivity contribution in [2.24, 2.45) is 32.9 Å². The van der Waals surface area contributed by atoms with Crippen molar-refractivity contribution in [3.8, 4) is 0 Å². The topological polar surface area (TPSA) is 262 Å². The van der Waals surface area contributed by atoms with E-state index in [1.807, 2.05) is 0 Å². The number of rotatable bonds is 10. The fourth-order valence-corrected chi connectivity index (χ4v) is 3.88. The normalized spacial score (nSPS) is 21.5. The molecule has 3 atom stereocenters. The number of hydrogen-bond acceptors (Lipinski definition) is 7. The first-order chi connectivity index (χ1) is 19.2. The number of aliphatic imine (C=N–C) groups is 2. The molecule has 232 valence electrons. The summed E-state index contributed by atoms with van der Waals surface area (Å²) >= 11 is 0. The summed E-state index contributed by atoms with van der Waals surface area (Å²) in [6.45, 7) is 0.319. The second-order valence-corrected chi connectivity index (χ2v) is 9.38. The summed E-state index contributed by atoms with van der Waals surface area (Å²) in [5, 5.41) is 9.46. The Balaban J connectivity index is 3.23. The Morgan fingerprint density at radius 2 is 1.34 bits per heavy atom. The summed E-state index contributed by atoms with van der Waals surface area (Å²) in [7, 11) is 0. The van der Waals surface area contributed by atoms with Gasteiger partial charge in [0, 0.05) is 19.6 Å². The Labute approximate surface area is 234 Å². The minimum Gasteiger partial charge on any atom is -0.370 e. The van der Waals surface area contributed by atoms with Gasteiger partial charge >= 0.3 is 6.18 Å². The molecule has 0 saturated carbocycles. The SMILES string of the molecule is NC(N)=NCCCC[C@@H]1NC(=O)CC(=O)NCCCC[C@@H](C(=O)C(F)(F)F)NC(=O)[C@H](CCCN=C(N)N)NC1=O. The van der Waals surface area contributed by atoms with Gasteiger partial charge in [0.05, 0.1) is 6.04 Å². The van der Waals surface area contributed by atoms with Crippen molar-refractivity contribution < 1.29 is 37.1 Å². The van der Waals surface area contributed by atoms with Gasteiger partial charge < -0.3 is 44.2 Å². The second-order valence-electron chi connectivity index (χ2n) is 9.38. The number of Topliss-reactive ketones (excluding diaryl/α,β-unsaturated/α-hetero) is 1. The highest BCUT2D eigenvalue weighted by Crippen LogP contribution is 2.20. The Morgan fingerprint density at radius 1 is 0.780 bits per heavy atom. The molecule has 15 nitrogen and oxygen atoms in total. The fourth-order valence-electron chi connectivity index (χ4n) is 3.88. The number of amides is 4. The Hall–Kier alpha value is -4.12. The first-order valence-corrected chi connectivity index (χ1v) is 13.1. The summed E-state index contributed by atoms with van der Waals surface area (Å²) in [6, 6.07) is -4.50. The van der Waals surface area contributed by atoms with E-state index in [0.717, 1.165) is 0 Å². The highest BCUT2D eigenvalue weighted by atomic mass is 19.4. The standard InChI is InChI=1S/C23H39F3N10O5/c24-23(25,26)18(39)13-6-1-3-9-31-16(37)12-17(38)34-14(7-2-4-10-32-21(27)28)19(40)36-15(20(41)35-13)8-5-11-33-22(29)30/h13-15H,1-12H2,(H,31,37)(H,34,38)(H,35,41)(H,36,40)(H4,27,28,32)(H4,29,30,33)/t13-,14-,15-/m0/s1. The molecular formula is C23H39F3N10O5. The molecule has 12 N–H and O–H groups in total. The number of nitrogens with zero attached hydrogens (tertiary/aromatic N) is 2. The van der Waals surface area contributed by atoms with Crippen LogP contribution < -0.4 is 44.2 Å². The number of unbranched alkanes of at least 4 members (excludes halogenated alkanes) is 1. The Kier molecular flexibility index (Phi) is 14.9. The van der Waals surface area contributed by atoms with Crippen LogP contribution in [0.5, 0.6) is 0 Å². The zero-order valence-electron chi connectivity index (χ0n) is 22.6. The number of carbonyl (C=O) groups is 5. The van der Waals surface area contributed by atoms with E-state index < -0.39 is 60.1 Å². The lowest BCUT2D eigenvalue weighted by Crippen LogP contribution is -2.57. The van der Waals surface area contributed by atoms with Crippen LogP contribution in [0.3, 0.4) is 0 Å². The highest BCUT2D eigenvalue weighted by Gasteiger charge is 2.44. The summed E-state index contributed by atoms with van der Waals surface area (Å²) in [4.78, 5) is 70.5. The number of guanidine groups is 2. The molecule has 1 aliphatic heterocycles. The maximum absolute atomic E-state index is 13.3. The quantitative estimate of drug-likeness (QED) is 0.0589. The van der Waals surface area contributed by atoms with E-state index in [9.17, 15) is 37.1 Å². The van der Waals surface area contributed by atoms with E-state index in [4.69, 9.17) is 22.9 Å². The number of ketones is 1. The largest absolute Gasteiger partial charge is 0.452 e. The van der Waals surface area contributed by atoms with Crippen molar-refractivity contribution in [1.29, 1.82) is 0 Å². The van der Waals surface area contributed by atoms with Crippen molar-refractivity contribution >= 4 is 41.3 Å². The van der Waals surface area contributed by atoms with E-state index in [-0.39, 0.29) is 70.1 Å². The van der Waals surface area contributed by atoms with Crippen LogP contribution in [0.4, 0.5) is 13.2 Å². The van der Waals surface area contributed by atoms with Crippen molar-refractivity contribution in [3.63, 3.8) is 0 Å². The molecule has 0 unspecified atom stereocenters. The van der Waals surface area contributed by atoms with Crippen LogP contribution in [0.25, 0.3) is 0 Å². The summed E-state index contributed by atoms with van der Waals surface area (Å²) in [5.74, 6) is -5.74. The summed E-state index contributed by atoms with van der Waals surface area (Å²) in [5.41, 5.74) is 21.2. The van der Waals surface area contributed by atoms with Crippen molar-refractivity contribution in [3.05, 3.63) is 0 Å². The van der Waals surface area contributed by atoms with Crippen LogP contribution in [0.1, 0.15) is 57.8 Å². The third-order valence-electron chi connectivity index (χ3n) is 5.90. The number of hydrogen-bond donors (Lipinski definition) is 8. The van der Waals surface area contributed by atoms with Gasteiger partial charge in [-0.2, -0.15) is 13.2 Å². The zero-order chi connectivity index (χ0) is 31.0. The van der Waals surface area contributed by atoms with Gasteiger partial charge in [-0.3, -0.25) is 34.0 Å². The average molecular weight is 593 g/mol. The minimum atomic E-state index is -5.22. The molecule has 0 bridgehead atoms. The second kappa shape index (κ2) is 17.5. The Morgan fingerprint density at radius 3 is 1.95 bits per heavy atom. The zero-order valence-corrected chi connectivity index (χ0v) is 22.6. The maximum Gasteiger partial charge on any atom is 0.452 e. The van der Waals surface area contributed by atoms with E-state index >= 15 is 0 Å². The van der Waals surface area contributed by atoms with Gasteiger partial charge in [0.25, 0.3) is 5.78 Å². The van der Waals surface area contributed by atoms with Gasteiger partial charge in [0.1, 0.15) is 18.5 Å². The molecule has 0 radical (unpaired) electrons. The molecule has 1 aliphatic rings. The van der Waals surface area contributed by atoms with E-state index in [1.165, 1.54) is 0 Å². The number of halogens is 3. The Bertz CT molecular complexity index is 982. The maximum atomic E-state index is 13.3. The fraction of sp³-hybridized carbons (Fsp3) is 0.696. The molecule has 4 amide bonds. The number of alkyl halides is 3.